The number of ether oxygens (including phenoxy) is 2. The van der Waals surface area contributed by atoms with Gasteiger partial charge in [-0.3, -0.25) is 14.4 Å². The Morgan fingerprint density at radius 2 is 1.80 bits per heavy atom. The molecule has 44 heavy (non-hydrogen) atoms. The summed E-state index contributed by atoms with van der Waals surface area (Å²) in [5.74, 6) is -2.83. The molecule has 8 nitrogen and oxygen atoms in total. The molecule has 2 aromatic rings. The highest BCUT2D eigenvalue weighted by Crippen LogP contribution is 2.65. The molecule has 2 amide bonds. The van der Waals surface area contributed by atoms with Crippen molar-refractivity contribution in [2.45, 2.75) is 75.3 Å². The number of likely N-dealkylation sites (tertiary alicyclic amines) is 1. The average Bonchev–Trinajstić information content (AvgIpc) is 3.65. The normalized spacial score (nSPS) is 27.5. The summed E-state index contributed by atoms with van der Waals surface area (Å²) in [5.41, 5.74) is -0.478. The topological polar surface area (TPSA) is 96.4 Å². The Morgan fingerprint density at radius 3 is 2.43 bits per heavy atom. The van der Waals surface area contributed by atoms with Gasteiger partial charge in [-0.1, -0.05) is 79.7 Å². The summed E-state index contributed by atoms with van der Waals surface area (Å²) < 4.78 is 12.7. The average molecular weight is 601 g/mol. The Balaban J connectivity index is 1.57. The second kappa shape index (κ2) is 13.5. The molecule has 3 heterocycles. The summed E-state index contributed by atoms with van der Waals surface area (Å²) in [6, 6.07) is 17.1. The molecule has 6 atom stereocenters. The van der Waals surface area contributed by atoms with E-state index >= 15 is 0 Å². The molecule has 0 aromatic heterocycles. The van der Waals surface area contributed by atoms with E-state index in [9.17, 15) is 19.5 Å². The van der Waals surface area contributed by atoms with Gasteiger partial charge in [0.05, 0.1) is 30.8 Å². The summed E-state index contributed by atoms with van der Waals surface area (Å²) >= 11 is 0. The Labute approximate surface area is 260 Å². The van der Waals surface area contributed by atoms with Crippen LogP contribution in [0.5, 0.6) is 0 Å². The van der Waals surface area contributed by atoms with Crippen molar-refractivity contribution in [3.05, 3.63) is 97.1 Å². The van der Waals surface area contributed by atoms with Crippen molar-refractivity contribution in [3.63, 3.8) is 0 Å². The molecule has 2 aromatic carbocycles. The lowest BCUT2D eigenvalue weighted by Crippen LogP contribution is -2.57. The van der Waals surface area contributed by atoms with Crippen LogP contribution in [0.4, 0.5) is 0 Å². The van der Waals surface area contributed by atoms with Crippen LogP contribution in [0, 0.1) is 11.8 Å². The van der Waals surface area contributed by atoms with Crippen LogP contribution in [0.1, 0.15) is 62.6 Å². The molecular weight excluding hydrogens is 556 g/mol. The quantitative estimate of drug-likeness (QED) is 0.176. The first-order valence-corrected chi connectivity index (χ1v) is 15.8. The predicted molar refractivity (Wildman–Crippen MR) is 167 cm³/mol. The minimum absolute atomic E-state index is 0.246. The van der Waals surface area contributed by atoms with Crippen LogP contribution < -0.4 is 0 Å². The maximum atomic E-state index is 14.8. The summed E-state index contributed by atoms with van der Waals surface area (Å²) in [7, 11) is 0. The van der Waals surface area contributed by atoms with Crippen LogP contribution in [0.25, 0.3) is 0 Å². The van der Waals surface area contributed by atoms with Gasteiger partial charge in [-0.25, -0.2) is 0 Å². The zero-order valence-electron chi connectivity index (χ0n) is 25.6. The molecule has 0 saturated carbocycles. The molecule has 0 radical (unpaired) electrons. The summed E-state index contributed by atoms with van der Waals surface area (Å²) in [6.07, 6.45) is 7.38. The van der Waals surface area contributed by atoms with E-state index in [1.54, 1.807) is 11.0 Å². The molecule has 2 bridgehead atoms. The number of hydrogen-bond acceptors (Lipinski definition) is 6. The van der Waals surface area contributed by atoms with Gasteiger partial charge in [-0.2, -0.15) is 0 Å². The number of rotatable bonds is 15. The molecule has 234 valence electrons. The number of unbranched alkanes of at least 4 members (excludes halogenated alkanes) is 2. The first-order chi connectivity index (χ1) is 21.4. The van der Waals surface area contributed by atoms with Crippen molar-refractivity contribution in [2.24, 2.45) is 11.8 Å². The first-order valence-electron chi connectivity index (χ1n) is 15.8. The second-order valence-electron chi connectivity index (χ2n) is 12.1. The van der Waals surface area contributed by atoms with Crippen LogP contribution >= 0.6 is 0 Å². The fraction of sp³-hybridized carbons (Fsp3) is 0.472. The summed E-state index contributed by atoms with van der Waals surface area (Å²) in [5, 5.41) is 10.7. The second-order valence-corrected chi connectivity index (χ2v) is 12.1. The number of benzene rings is 2. The van der Waals surface area contributed by atoms with Gasteiger partial charge >= 0.3 is 5.97 Å². The van der Waals surface area contributed by atoms with Gasteiger partial charge in [0.2, 0.25) is 11.8 Å². The van der Waals surface area contributed by atoms with Gasteiger partial charge in [-0.15, -0.1) is 13.2 Å². The Bertz CT molecular complexity index is 1350. The van der Waals surface area contributed by atoms with Crippen LogP contribution in [-0.4, -0.2) is 69.7 Å². The smallest absolute Gasteiger partial charge is 0.312 e. The van der Waals surface area contributed by atoms with Gasteiger partial charge in [0.15, 0.2) is 0 Å². The highest BCUT2D eigenvalue weighted by molar-refractivity contribution is 5.99. The van der Waals surface area contributed by atoms with E-state index in [1.807, 2.05) is 73.7 Å². The van der Waals surface area contributed by atoms with Gasteiger partial charge in [-0.05, 0) is 49.7 Å². The van der Waals surface area contributed by atoms with Gasteiger partial charge in [0.1, 0.15) is 17.6 Å². The maximum Gasteiger partial charge on any atom is 0.312 e. The number of carbonyl (C=O) groups is 3. The zero-order chi connectivity index (χ0) is 31.3. The van der Waals surface area contributed by atoms with Crippen LogP contribution in [0.2, 0.25) is 0 Å². The molecule has 0 aliphatic carbocycles. The van der Waals surface area contributed by atoms with Gasteiger partial charge in [0.25, 0.3) is 0 Å². The van der Waals surface area contributed by atoms with Gasteiger partial charge in [0, 0.05) is 13.1 Å². The van der Waals surface area contributed by atoms with E-state index < -0.39 is 41.1 Å². The summed E-state index contributed by atoms with van der Waals surface area (Å²) in [4.78, 5) is 46.6. The van der Waals surface area contributed by atoms with Crippen molar-refractivity contribution in [1.29, 1.82) is 0 Å². The van der Waals surface area contributed by atoms with E-state index in [-0.39, 0.29) is 31.6 Å². The fourth-order valence-corrected chi connectivity index (χ4v) is 7.68. The number of fused-ring (bicyclic) bond motifs is 1. The molecule has 3 aliphatic rings. The number of carbonyl (C=O) groups excluding carboxylic acids is 3. The molecule has 5 rings (SSSR count). The third kappa shape index (κ3) is 5.50. The molecule has 3 fully saturated rings. The lowest BCUT2D eigenvalue weighted by atomic mass is 9.65. The number of nitrogens with zero attached hydrogens (tertiary/aromatic N) is 2. The maximum absolute atomic E-state index is 14.8. The van der Waals surface area contributed by atoms with Crippen LogP contribution in [-0.2, 0) is 30.4 Å². The number of esters is 1. The first kappa shape index (κ1) is 31.7. The SMILES string of the molecule is C=CCCCCOC(=O)[C@@H]1[C@H]2C(=O)N([C@H](CO)c3ccccc3)C(C(=O)N(CC=C)Cc3ccccc3)C23CC[C@@]1(CC)O3. The monoisotopic (exact) mass is 600 g/mol. The Kier molecular flexibility index (Phi) is 9.71. The van der Waals surface area contributed by atoms with E-state index in [0.29, 0.717) is 37.8 Å². The minimum Gasteiger partial charge on any atom is -0.465 e. The molecular formula is C36H44N2O6. The zero-order valence-corrected chi connectivity index (χ0v) is 25.6. The molecule has 3 saturated heterocycles. The molecule has 3 aliphatic heterocycles. The number of aliphatic hydroxyl groups excluding tert-OH is 1. The molecule has 1 spiro atoms. The lowest BCUT2D eigenvalue weighted by molar-refractivity contribution is -0.164. The third-order valence-electron chi connectivity index (χ3n) is 9.72. The standard InChI is InChI=1S/C36H44N2O6/c1-4-7-8-15-23-43-34(42)30-29-32(40)38(28(25-39)27-18-13-10-14-19-27)31(36(29)21-20-35(30,6-3)44-36)33(41)37(22-5-2)24-26-16-11-9-12-17-26/h4-5,9-14,16-19,28-31,39H,1-2,6-8,15,20-25H2,3H3/t28-,29+,30+,31?,35-,36?/m1/s1. The lowest BCUT2D eigenvalue weighted by Gasteiger charge is -2.39. The van der Waals surface area contributed by atoms with Crippen molar-refractivity contribution in [3.8, 4) is 0 Å². The fourth-order valence-electron chi connectivity index (χ4n) is 7.68. The number of amides is 2. The van der Waals surface area contributed by atoms with E-state index in [4.69, 9.17) is 9.47 Å². The largest absolute Gasteiger partial charge is 0.465 e. The Hall–Kier alpha value is -3.75. The van der Waals surface area contributed by atoms with E-state index in [1.165, 1.54) is 4.90 Å². The van der Waals surface area contributed by atoms with Crippen LogP contribution in [0.15, 0.2) is 86.0 Å². The number of aliphatic hydroxyl groups is 1. The molecule has 8 heteroatoms. The van der Waals surface area contributed by atoms with Crippen molar-refractivity contribution in [2.75, 3.05) is 19.8 Å². The van der Waals surface area contributed by atoms with Crippen molar-refractivity contribution < 1.29 is 29.0 Å². The number of hydrogen-bond donors (Lipinski definition) is 1. The molecule has 2 unspecified atom stereocenters. The van der Waals surface area contributed by atoms with E-state index in [2.05, 4.69) is 13.2 Å². The minimum atomic E-state index is -1.23. The third-order valence-corrected chi connectivity index (χ3v) is 9.72. The molecule has 1 N–H and O–H groups in total. The number of allylic oxidation sites excluding steroid dienone is 1. The Morgan fingerprint density at radius 1 is 1.09 bits per heavy atom. The van der Waals surface area contributed by atoms with Crippen molar-refractivity contribution in [1.82, 2.24) is 9.80 Å². The highest BCUT2D eigenvalue weighted by atomic mass is 16.6. The predicted octanol–water partition coefficient (Wildman–Crippen LogP) is 4.99. The summed E-state index contributed by atoms with van der Waals surface area (Å²) in [6.45, 7) is 10.0. The van der Waals surface area contributed by atoms with Crippen LogP contribution in [0.3, 0.4) is 0 Å². The van der Waals surface area contributed by atoms with Crippen molar-refractivity contribution >= 4 is 17.8 Å². The highest BCUT2D eigenvalue weighted by Gasteiger charge is 2.79. The van der Waals surface area contributed by atoms with E-state index in [0.717, 1.165) is 18.4 Å². The van der Waals surface area contributed by atoms with Gasteiger partial charge < -0.3 is 24.4 Å².